The normalized spacial score (nSPS) is 36.2. The number of nitrogens with zero attached hydrogens (tertiary/aromatic N) is 2. The first-order valence-electron chi connectivity index (χ1n) is 11.5. The highest BCUT2D eigenvalue weighted by molar-refractivity contribution is 5.90. The molecule has 0 saturated heterocycles. The number of nitrogens with two attached hydrogens (primary N) is 1. The molecule has 0 bridgehead atoms. The van der Waals surface area contributed by atoms with Gasteiger partial charge in [-0.3, -0.25) is 9.78 Å². The Morgan fingerprint density at radius 3 is 2.69 bits per heavy atom. The molecular weight excluding hydrogens is 362 g/mol. The van der Waals surface area contributed by atoms with E-state index in [0.29, 0.717) is 17.5 Å². The maximum atomic E-state index is 11.7. The van der Waals surface area contributed by atoms with Crippen molar-refractivity contribution < 1.29 is 9.53 Å². The van der Waals surface area contributed by atoms with Crippen LogP contribution in [0.15, 0.2) is 18.3 Å². The molecule has 6 atom stereocenters. The molecule has 5 nitrogen and oxygen atoms in total. The Morgan fingerprint density at radius 1 is 1.28 bits per heavy atom. The number of aromatic nitrogens is 1. The average Bonchev–Trinajstić information content (AvgIpc) is 3.33. The average molecular weight is 400 g/mol. The Labute approximate surface area is 175 Å². The number of hydrogen-bond donors (Lipinski definition) is 1. The molecule has 1 aromatic rings. The Bertz CT molecular complexity index is 729. The third kappa shape index (κ3) is 3.96. The number of hydrogen-bond acceptors (Lipinski definition) is 4. The van der Waals surface area contributed by atoms with Gasteiger partial charge in [0.1, 0.15) is 5.69 Å². The van der Waals surface area contributed by atoms with E-state index in [9.17, 15) is 4.79 Å². The van der Waals surface area contributed by atoms with Crippen LogP contribution in [0.25, 0.3) is 0 Å². The first-order chi connectivity index (χ1) is 14.0. The summed E-state index contributed by atoms with van der Waals surface area (Å²) in [7, 11) is 1.83. The van der Waals surface area contributed by atoms with Gasteiger partial charge in [0.05, 0.1) is 5.60 Å². The molecule has 1 heterocycles. The lowest BCUT2D eigenvalue weighted by molar-refractivity contribution is -0.133. The van der Waals surface area contributed by atoms with Gasteiger partial charge in [0.25, 0.3) is 5.91 Å². The summed E-state index contributed by atoms with van der Waals surface area (Å²) in [5, 5.41) is 0. The van der Waals surface area contributed by atoms with Gasteiger partial charge in [-0.1, -0.05) is 20.3 Å². The fourth-order valence-electron chi connectivity index (χ4n) is 6.54. The van der Waals surface area contributed by atoms with Crippen LogP contribution in [0, 0.1) is 29.6 Å². The van der Waals surface area contributed by atoms with Crippen LogP contribution in [-0.4, -0.2) is 42.5 Å². The third-order valence-corrected chi connectivity index (χ3v) is 8.11. The minimum atomic E-state index is -0.479. The number of carbonyl (C=O) groups is 1. The van der Waals surface area contributed by atoms with Crippen LogP contribution in [0.2, 0.25) is 0 Å². The number of rotatable bonds is 8. The number of ether oxygens (including phenoxy) is 1. The molecule has 3 unspecified atom stereocenters. The van der Waals surface area contributed by atoms with Crippen LogP contribution >= 0.6 is 0 Å². The number of fused-ring (bicyclic) bond motifs is 1. The molecule has 0 radical (unpaired) electrons. The van der Waals surface area contributed by atoms with E-state index in [1.165, 1.54) is 32.2 Å². The highest BCUT2D eigenvalue weighted by Gasteiger charge is 2.49. The van der Waals surface area contributed by atoms with E-state index >= 15 is 0 Å². The van der Waals surface area contributed by atoms with E-state index < -0.39 is 11.5 Å². The Hall–Kier alpha value is -1.46. The smallest absolute Gasteiger partial charge is 0.267 e. The molecule has 0 aromatic carbocycles. The number of pyridine rings is 1. The molecule has 3 aliphatic rings. The predicted octanol–water partition coefficient (Wildman–Crippen LogP) is 3.83. The summed E-state index contributed by atoms with van der Waals surface area (Å²) in [6, 6.07) is 3.88. The van der Waals surface area contributed by atoms with Gasteiger partial charge in [-0.25, -0.2) is 0 Å². The maximum absolute atomic E-state index is 11.7. The molecule has 1 aromatic heterocycles. The molecule has 2 N–H and O–H groups in total. The molecule has 0 spiro atoms. The zero-order valence-corrected chi connectivity index (χ0v) is 18.3. The monoisotopic (exact) mass is 399 g/mol. The van der Waals surface area contributed by atoms with Crippen LogP contribution in [0.3, 0.4) is 0 Å². The Morgan fingerprint density at radius 2 is 2.03 bits per heavy atom. The lowest BCUT2D eigenvalue weighted by Crippen LogP contribution is -2.50. The Balaban J connectivity index is 1.57. The lowest BCUT2D eigenvalue weighted by atomic mass is 9.65. The molecule has 4 rings (SSSR count). The van der Waals surface area contributed by atoms with E-state index in [1.54, 1.807) is 6.20 Å². The summed E-state index contributed by atoms with van der Waals surface area (Å²) in [4.78, 5) is 18.6. The summed E-state index contributed by atoms with van der Waals surface area (Å²) in [6.07, 6.45) is 9.58. The molecular formula is C24H37N3O2. The van der Waals surface area contributed by atoms with Crippen molar-refractivity contribution >= 4 is 5.91 Å². The predicted molar refractivity (Wildman–Crippen MR) is 114 cm³/mol. The van der Waals surface area contributed by atoms with Crippen molar-refractivity contribution in [3.05, 3.63) is 29.6 Å². The quantitative estimate of drug-likeness (QED) is 0.721. The zero-order chi connectivity index (χ0) is 20.6. The van der Waals surface area contributed by atoms with Crippen LogP contribution in [0.1, 0.15) is 68.4 Å². The highest BCUT2D eigenvalue weighted by Crippen LogP contribution is 2.54. The van der Waals surface area contributed by atoms with Crippen molar-refractivity contribution in [2.75, 3.05) is 26.7 Å². The molecule has 3 fully saturated rings. The van der Waals surface area contributed by atoms with Crippen molar-refractivity contribution in [2.24, 2.45) is 35.3 Å². The second-order valence-corrected chi connectivity index (χ2v) is 9.77. The molecule has 3 saturated carbocycles. The van der Waals surface area contributed by atoms with Crippen molar-refractivity contribution in [1.29, 1.82) is 0 Å². The standard InChI is InChI=1S/C24H37N3O2/c1-4-27(14-17-10-18-12-19(18)11-17)15-21-7-5-6-16(2)24(21,29-3)20-8-9-26-22(13-20)23(25)28/h8-9,13,16-19,21H,4-7,10-12,14-15H2,1-3H3,(H2,25,28)/t16?,17-,18+,19-,21?,24?. The van der Waals surface area contributed by atoms with Gasteiger partial charge < -0.3 is 15.4 Å². The van der Waals surface area contributed by atoms with Gasteiger partial charge in [0, 0.05) is 32.3 Å². The molecule has 1 amide bonds. The van der Waals surface area contributed by atoms with Gasteiger partial charge in [-0.15, -0.1) is 0 Å². The van der Waals surface area contributed by atoms with Crippen LogP contribution < -0.4 is 5.73 Å². The van der Waals surface area contributed by atoms with Crippen LogP contribution in [0.5, 0.6) is 0 Å². The molecule has 3 aliphatic carbocycles. The van der Waals surface area contributed by atoms with Crippen molar-refractivity contribution in [3.8, 4) is 0 Å². The van der Waals surface area contributed by atoms with E-state index in [4.69, 9.17) is 10.5 Å². The lowest BCUT2D eigenvalue weighted by Gasteiger charge is -2.49. The first-order valence-corrected chi connectivity index (χ1v) is 11.5. The van der Waals surface area contributed by atoms with Crippen molar-refractivity contribution in [2.45, 2.75) is 58.0 Å². The van der Waals surface area contributed by atoms with Gasteiger partial charge in [-0.05, 0) is 80.0 Å². The van der Waals surface area contributed by atoms with E-state index in [1.807, 2.05) is 19.2 Å². The number of primary amides is 1. The second kappa shape index (κ2) is 8.35. The van der Waals surface area contributed by atoms with Gasteiger partial charge >= 0.3 is 0 Å². The van der Waals surface area contributed by atoms with Gasteiger partial charge in [0.15, 0.2) is 0 Å². The largest absolute Gasteiger partial charge is 0.373 e. The van der Waals surface area contributed by atoms with Crippen molar-refractivity contribution in [3.63, 3.8) is 0 Å². The SMILES string of the molecule is CCN(CC1CCCC(C)C1(OC)c1ccnc(C(N)=O)c1)C[C@H]1C[C@@H]2C[C@@H]2C1. The Kier molecular flexibility index (Phi) is 5.99. The fourth-order valence-corrected chi connectivity index (χ4v) is 6.54. The number of amides is 1. The highest BCUT2D eigenvalue weighted by atomic mass is 16.5. The van der Waals surface area contributed by atoms with E-state index in [2.05, 4.69) is 23.7 Å². The van der Waals surface area contributed by atoms with Crippen LogP contribution in [0.4, 0.5) is 0 Å². The summed E-state index contributed by atoms with van der Waals surface area (Å²) < 4.78 is 6.36. The summed E-state index contributed by atoms with van der Waals surface area (Å²) in [5.74, 6) is 3.25. The topological polar surface area (TPSA) is 68.4 Å². The van der Waals surface area contributed by atoms with Crippen molar-refractivity contribution in [1.82, 2.24) is 9.88 Å². The minimum absolute atomic E-state index is 0.327. The summed E-state index contributed by atoms with van der Waals surface area (Å²) in [6.45, 7) is 7.93. The van der Waals surface area contributed by atoms with E-state index in [0.717, 1.165) is 49.2 Å². The zero-order valence-electron chi connectivity index (χ0n) is 18.3. The van der Waals surface area contributed by atoms with Crippen LogP contribution in [-0.2, 0) is 10.3 Å². The number of carbonyl (C=O) groups excluding carboxylic acids is 1. The maximum Gasteiger partial charge on any atom is 0.267 e. The minimum Gasteiger partial charge on any atom is -0.373 e. The molecule has 29 heavy (non-hydrogen) atoms. The van der Waals surface area contributed by atoms with Gasteiger partial charge in [-0.2, -0.15) is 0 Å². The third-order valence-electron chi connectivity index (χ3n) is 8.11. The molecule has 5 heteroatoms. The molecule has 160 valence electrons. The molecule has 0 aliphatic heterocycles. The summed E-state index contributed by atoms with van der Waals surface area (Å²) in [5.41, 5.74) is 6.51. The first kappa shape index (κ1) is 20.8. The summed E-state index contributed by atoms with van der Waals surface area (Å²) >= 11 is 0. The van der Waals surface area contributed by atoms with Gasteiger partial charge in [0.2, 0.25) is 0 Å². The van der Waals surface area contributed by atoms with E-state index in [-0.39, 0.29) is 0 Å². The fraction of sp³-hybridized carbons (Fsp3) is 0.750. The number of methoxy groups -OCH3 is 1. The second-order valence-electron chi connectivity index (χ2n) is 9.77.